The van der Waals surface area contributed by atoms with Crippen LogP contribution < -0.4 is 10.5 Å². The number of aryl methyl sites for hydroxylation is 1. The lowest BCUT2D eigenvalue weighted by Crippen LogP contribution is -2.18. The molecule has 0 fully saturated rings. The van der Waals surface area contributed by atoms with Gasteiger partial charge in [-0.05, 0) is 31.5 Å². The minimum Gasteiger partial charge on any atom is -0.486 e. The van der Waals surface area contributed by atoms with E-state index in [0.29, 0.717) is 12.3 Å². The van der Waals surface area contributed by atoms with E-state index in [9.17, 15) is 0 Å². The molecule has 0 spiro atoms. The van der Waals surface area contributed by atoms with E-state index in [2.05, 4.69) is 0 Å². The first-order valence-corrected chi connectivity index (χ1v) is 4.65. The minimum absolute atomic E-state index is 0.0185. The zero-order valence-electron chi connectivity index (χ0n) is 8.91. The third-order valence-electron chi connectivity index (χ3n) is 1.89. The number of nitrogens with two attached hydrogens (primary N) is 1. The normalized spacial score (nSPS) is 12.5. The van der Waals surface area contributed by atoms with Crippen LogP contribution in [0.1, 0.15) is 12.5 Å². The molecule has 1 aromatic rings. The molecule has 0 unspecified atom stereocenters. The molecule has 0 radical (unpaired) electrons. The number of anilines is 1. The lowest BCUT2D eigenvalue weighted by atomic mass is 10.2. The van der Waals surface area contributed by atoms with E-state index in [1.807, 2.05) is 32.0 Å². The predicted molar refractivity (Wildman–Crippen MR) is 57.6 cm³/mol. The van der Waals surface area contributed by atoms with Gasteiger partial charge in [0, 0.05) is 7.11 Å². The molecule has 2 N–H and O–H groups in total. The van der Waals surface area contributed by atoms with Crippen molar-refractivity contribution >= 4 is 5.69 Å². The fraction of sp³-hybridized carbons (Fsp3) is 0.455. The van der Waals surface area contributed by atoms with Gasteiger partial charge in [0.1, 0.15) is 11.9 Å². The van der Waals surface area contributed by atoms with Gasteiger partial charge in [0.2, 0.25) is 0 Å². The van der Waals surface area contributed by atoms with Gasteiger partial charge in [0.15, 0.2) is 0 Å². The van der Waals surface area contributed by atoms with Crippen LogP contribution in [-0.4, -0.2) is 19.8 Å². The average molecular weight is 195 g/mol. The van der Waals surface area contributed by atoms with Gasteiger partial charge >= 0.3 is 0 Å². The highest BCUT2D eigenvalue weighted by atomic mass is 16.5. The SMILES string of the molecule is COC[C@@H](C)Oc1ccc(C)cc1N. The molecule has 0 aromatic heterocycles. The molecule has 0 aliphatic carbocycles. The smallest absolute Gasteiger partial charge is 0.142 e. The molecule has 0 amide bonds. The van der Waals surface area contributed by atoms with Gasteiger partial charge in [-0.25, -0.2) is 0 Å². The number of hydrogen-bond acceptors (Lipinski definition) is 3. The minimum atomic E-state index is 0.0185. The maximum Gasteiger partial charge on any atom is 0.142 e. The Morgan fingerprint density at radius 2 is 2.14 bits per heavy atom. The first-order valence-electron chi connectivity index (χ1n) is 4.65. The molecule has 0 saturated heterocycles. The fourth-order valence-corrected chi connectivity index (χ4v) is 1.26. The molecule has 0 heterocycles. The lowest BCUT2D eigenvalue weighted by molar-refractivity contribution is 0.0926. The summed E-state index contributed by atoms with van der Waals surface area (Å²) < 4.78 is 10.6. The second-order valence-corrected chi connectivity index (χ2v) is 3.43. The summed E-state index contributed by atoms with van der Waals surface area (Å²) in [6.07, 6.45) is 0.0185. The molecule has 0 saturated carbocycles. The number of nitrogen functional groups attached to an aromatic ring is 1. The van der Waals surface area contributed by atoms with Gasteiger partial charge in [-0.15, -0.1) is 0 Å². The standard InChI is InChI=1S/C11H17NO2/c1-8-4-5-11(10(12)6-8)14-9(2)7-13-3/h4-6,9H,7,12H2,1-3H3/t9-/m1/s1. The van der Waals surface area contributed by atoms with Gasteiger partial charge in [-0.1, -0.05) is 6.07 Å². The van der Waals surface area contributed by atoms with Crippen LogP contribution in [0.25, 0.3) is 0 Å². The zero-order valence-corrected chi connectivity index (χ0v) is 8.91. The fourth-order valence-electron chi connectivity index (χ4n) is 1.26. The van der Waals surface area contributed by atoms with Crippen molar-refractivity contribution in [1.82, 2.24) is 0 Å². The first kappa shape index (κ1) is 10.9. The van der Waals surface area contributed by atoms with Crippen LogP contribution in [0.15, 0.2) is 18.2 Å². The largest absolute Gasteiger partial charge is 0.486 e. The third-order valence-corrected chi connectivity index (χ3v) is 1.89. The van der Waals surface area contributed by atoms with Crippen LogP contribution in [0, 0.1) is 6.92 Å². The molecule has 1 aromatic carbocycles. The molecule has 1 rings (SSSR count). The second-order valence-electron chi connectivity index (χ2n) is 3.43. The Balaban J connectivity index is 2.67. The van der Waals surface area contributed by atoms with E-state index in [4.69, 9.17) is 15.2 Å². The molecule has 1 atom stereocenters. The maximum absolute atomic E-state index is 5.80. The van der Waals surface area contributed by atoms with Crippen LogP contribution in [0.5, 0.6) is 5.75 Å². The highest BCUT2D eigenvalue weighted by Crippen LogP contribution is 2.23. The Morgan fingerprint density at radius 3 is 2.71 bits per heavy atom. The molecule has 0 aliphatic rings. The van der Waals surface area contributed by atoms with Gasteiger partial charge < -0.3 is 15.2 Å². The highest BCUT2D eigenvalue weighted by molar-refractivity contribution is 5.54. The zero-order chi connectivity index (χ0) is 10.6. The molecule has 14 heavy (non-hydrogen) atoms. The summed E-state index contributed by atoms with van der Waals surface area (Å²) in [4.78, 5) is 0. The van der Waals surface area contributed by atoms with E-state index in [0.717, 1.165) is 11.3 Å². The summed E-state index contributed by atoms with van der Waals surface area (Å²) in [5, 5.41) is 0. The highest BCUT2D eigenvalue weighted by Gasteiger charge is 2.05. The molecule has 3 heteroatoms. The topological polar surface area (TPSA) is 44.5 Å². The van der Waals surface area contributed by atoms with Crippen molar-refractivity contribution in [2.75, 3.05) is 19.5 Å². The van der Waals surface area contributed by atoms with Crippen molar-refractivity contribution in [3.8, 4) is 5.75 Å². The molecule has 0 bridgehead atoms. The Bertz CT molecular complexity index is 299. The van der Waals surface area contributed by atoms with Crippen molar-refractivity contribution in [2.45, 2.75) is 20.0 Å². The average Bonchev–Trinajstić information content (AvgIpc) is 2.10. The van der Waals surface area contributed by atoms with Crippen LogP contribution in [0.2, 0.25) is 0 Å². The number of methoxy groups -OCH3 is 1. The summed E-state index contributed by atoms with van der Waals surface area (Å²) in [5.41, 5.74) is 7.61. The van der Waals surface area contributed by atoms with Gasteiger partial charge in [0.25, 0.3) is 0 Å². The summed E-state index contributed by atoms with van der Waals surface area (Å²) >= 11 is 0. The molecule has 78 valence electrons. The quantitative estimate of drug-likeness (QED) is 0.747. The van der Waals surface area contributed by atoms with Gasteiger partial charge in [0.05, 0.1) is 12.3 Å². The Labute approximate surface area is 84.8 Å². The first-order chi connectivity index (χ1) is 6.63. The van der Waals surface area contributed by atoms with Crippen molar-refractivity contribution in [2.24, 2.45) is 0 Å². The van der Waals surface area contributed by atoms with Gasteiger partial charge in [-0.3, -0.25) is 0 Å². The van der Waals surface area contributed by atoms with Crippen molar-refractivity contribution in [3.05, 3.63) is 23.8 Å². The van der Waals surface area contributed by atoms with Crippen molar-refractivity contribution in [3.63, 3.8) is 0 Å². The molecule has 3 nitrogen and oxygen atoms in total. The molecular formula is C11H17NO2. The Hall–Kier alpha value is -1.22. The van der Waals surface area contributed by atoms with E-state index in [1.54, 1.807) is 7.11 Å². The summed E-state index contributed by atoms with van der Waals surface area (Å²) in [6, 6.07) is 5.76. The van der Waals surface area contributed by atoms with E-state index < -0.39 is 0 Å². The summed E-state index contributed by atoms with van der Waals surface area (Å²) in [7, 11) is 1.65. The predicted octanol–water partition coefficient (Wildman–Crippen LogP) is 1.99. The van der Waals surface area contributed by atoms with E-state index >= 15 is 0 Å². The summed E-state index contributed by atoms with van der Waals surface area (Å²) in [6.45, 7) is 4.51. The van der Waals surface area contributed by atoms with Crippen molar-refractivity contribution < 1.29 is 9.47 Å². The van der Waals surface area contributed by atoms with Crippen LogP contribution in [0.4, 0.5) is 5.69 Å². The van der Waals surface area contributed by atoms with Crippen LogP contribution >= 0.6 is 0 Å². The second kappa shape index (κ2) is 4.86. The third kappa shape index (κ3) is 2.92. The van der Waals surface area contributed by atoms with Crippen LogP contribution in [0.3, 0.4) is 0 Å². The number of benzene rings is 1. The number of hydrogen-bond donors (Lipinski definition) is 1. The van der Waals surface area contributed by atoms with E-state index in [-0.39, 0.29) is 6.10 Å². The van der Waals surface area contributed by atoms with Gasteiger partial charge in [-0.2, -0.15) is 0 Å². The van der Waals surface area contributed by atoms with Crippen molar-refractivity contribution in [1.29, 1.82) is 0 Å². The number of rotatable bonds is 4. The Kier molecular flexibility index (Phi) is 3.77. The van der Waals surface area contributed by atoms with Crippen LogP contribution in [-0.2, 0) is 4.74 Å². The lowest BCUT2D eigenvalue weighted by Gasteiger charge is -2.15. The summed E-state index contributed by atoms with van der Waals surface area (Å²) in [5.74, 6) is 0.722. The monoisotopic (exact) mass is 195 g/mol. The maximum atomic E-state index is 5.80. The molecule has 0 aliphatic heterocycles. The number of ether oxygens (including phenoxy) is 2. The van der Waals surface area contributed by atoms with E-state index in [1.165, 1.54) is 0 Å². The molecular weight excluding hydrogens is 178 g/mol. The Morgan fingerprint density at radius 1 is 1.43 bits per heavy atom.